The summed E-state index contributed by atoms with van der Waals surface area (Å²) in [6.45, 7) is 7.90. The first-order chi connectivity index (χ1) is 8.20. The molecule has 1 aromatic carbocycles. The topological polar surface area (TPSA) is 12.0 Å². The molecule has 2 unspecified atom stereocenters. The van der Waals surface area contributed by atoms with E-state index in [2.05, 4.69) is 56.0 Å². The molecule has 0 spiro atoms. The fraction of sp³-hybridized carbons (Fsp3) is 0.600. The fourth-order valence-corrected chi connectivity index (χ4v) is 3.50. The highest BCUT2D eigenvalue weighted by atomic mass is 32.2. The lowest BCUT2D eigenvalue weighted by Gasteiger charge is -2.21. The Kier molecular flexibility index (Phi) is 4.52. The van der Waals surface area contributed by atoms with Gasteiger partial charge in [0.15, 0.2) is 0 Å². The zero-order valence-corrected chi connectivity index (χ0v) is 11.9. The molecule has 0 aromatic heterocycles. The van der Waals surface area contributed by atoms with Crippen molar-refractivity contribution in [1.29, 1.82) is 0 Å². The summed E-state index contributed by atoms with van der Waals surface area (Å²) >= 11 is 2.08. The number of hydrogen-bond acceptors (Lipinski definition) is 2. The van der Waals surface area contributed by atoms with Gasteiger partial charge >= 0.3 is 0 Å². The average Bonchev–Trinajstić information content (AvgIpc) is 2.47. The van der Waals surface area contributed by atoms with E-state index in [9.17, 15) is 0 Å². The lowest BCUT2D eigenvalue weighted by molar-refractivity contribution is 0.499. The molecule has 94 valence electrons. The largest absolute Gasteiger partial charge is 0.310 e. The molecule has 0 aliphatic carbocycles. The van der Waals surface area contributed by atoms with Crippen LogP contribution in [0.5, 0.6) is 0 Å². The Hall–Kier alpha value is -0.470. The zero-order chi connectivity index (χ0) is 12.3. The van der Waals surface area contributed by atoms with Crippen molar-refractivity contribution in [2.24, 2.45) is 0 Å². The molecule has 1 aromatic rings. The molecule has 2 atom stereocenters. The maximum absolute atomic E-state index is 3.71. The smallest absolute Gasteiger partial charge is 0.0333 e. The SMILES string of the molecule is CCCNC1CC(C)SCc2ccc(C)cc21. The van der Waals surface area contributed by atoms with Gasteiger partial charge in [0.2, 0.25) is 0 Å². The molecule has 0 saturated carbocycles. The molecule has 0 saturated heterocycles. The van der Waals surface area contributed by atoms with Gasteiger partial charge in [-0.1, -0.05) is 37.6 Å². The number of fused-ring (bicyclic) bond motifs is 1. The summed E-state index contributed by atoms with van der Waals surface area (Å²) < 4.78 is 0. The molecule has 1 nitrogen and oxygen atoms in total. The molecule has 1 N–H and O–H groups in total. The lowest BCUT2D eigenvalue weighted by atomic mass is 9.96. The van der Waals surface area contributed by atoms with Gasteiger partial charge in [0.1, 0.15) is 0 Å². The van der Waals surface area contributed by atoms with Gasteiger partial charge in [-0.25, -0.2) is 0 Å². The van der Waals surface area contributed by atoms with Crippen molar-refractivity contribution >= 4 is 11.8 Å². The Labute approximate surface area is 109 Å². The summed E-state index contributed by atoms with van der Waals surface area (Å²) in [7, 11) is 0. The number of thioether (sulfide) groups is 1. The van der Waals surface area contributed by atoms with Crippen molar-refractivity contribution in [2.45, 2.75) is 50.7 Å². The van der Waals surface area contributed by atoms with Crippen LogP contribution in [0.2, 0.25) is 0 Å². The second-order valence-electron chi connectivity index (χ2n) is 5.07. The molecule has 2 heteroatoms. The van der Waals surface area contributed by atoms with Crippen LogP contribution in [-0.2, 0) is 5.75 Å². The molecule has 2 rings (SSSR count). The van der Waals surface area contributed by atoms with Crippen LogP contribution in [0.3, 0.4) is 0 Å². The summed E-state index contributed by atoms with van der Waals surface area (Å²) in [5, 5.41) is 4.46. The van der Waals surface area contributed by atoms with E-state index >= 15 is 0 Å². The van der Waals surface area contributed by atoms with Gasteiger partial charge in [-0.3, -0.25) is 0 Å². The Bertz CT molecular complexity index is 375. The van der Waals surface area contributed by atoms with Gasteiger partial charge in [-0.05, 0) is 37.4 Å². The van der Waals surface area contributed by atoms with Crippen LogP contribution in [0.25, 0.3) is 0 Å². The predicted molar refractivity (Wildman–Crippen MR) is 77.6 cm³/mol. The molecular weight excluding hydrogens is 226 g/mol. The minimum Gasteiger partial charge on any atom is -0.310 e. The highest BCUT2D eigenvalue weighted by Gasteiger charge is 2.22. The molecular formula is C15H23NS. The minimum atomic E-state index is 0.551. The second-order valence-corrected chi connectivity index (χ2v) is 6.49. The molecule has 1 aliphatic rings. The van der Waals surface area contributed by atoms with Crippen molar-refractivity contribution in [3.05, 3.63) is 34.9 Å². The minimum absolute atomic E-state index is 0.551. The van der Waals surface area contributed by atoms with Gasteiger partial charge in [-0.2, -0.15) is 11.8 Å². The van der Waals surface area contributed by atoms with E-state index in [1.54, 1.807) is 0 Å². The van der Waals surface area contributed by atoms with Crippen molar-refractivity contribution in [1.82, 2.24) is 5.32 Å². The van der Waals surface area contributed by atoms with Crippen LogP contribution in [0, 0.1) is 6.92 Å². The van der Waals surface area contributed by atoms with Crippen LogP contribution >= 0.6 is 11.8 Å². The first kappa shape index (κ1) is 13.0. The molecule has 0 amide bonds. The molecule has 1 aliphatic heterocycles. The predicted octanol–water partition coefficient (Wildman–Crippen LogP) is 4.06. The highest BCUT2D eigenvalue weighted by Crippen LogP contribution is 2.35. The van der Waals surface area contributed by atoms with E-state index < -0.39 is 0 Å². The zero-order valence-electron chi connectivity index (χ0n) is 11.1. The third kappa shape index (κ3) is 3.26. The number of aryl methyl sites for hydroxylation is 1. The van der Waals surface area contributed by atoms with E-state index in [0.29, 0.717) is 6.04 Å². The van der Waals surface area contributed by atoms with Gasteiger partial charge in [0.05, 0.1) is 0 Å². The number of hydrogen-bond donors (Lipinski definition) is 1. The summed E-state index contributed by atoms with van der Waals surface area (Å²) in [5.41, 5.74) is 4.44. The molecule has 0 fully saturated rings. The monoisotopic (exact) mass is 249 g/mol. The Morgan fingerprint density at radius 1 is 1.41 bits per heavy atom. The quantitative estimate of drug-likeness (QED) is 0.867. The number of benzene rings is 1. The molecule has 1 heterocycles. The maximum atomic E-state index is 3.71. The van der Waals surface area contributed by atoms with Crippen molar-refractivity contribution in [3.8, 4) is 0 Å². The summed E-state index contributed by atoms with van der Waals surface area (Å²) in [4.78, 5) is 0. The highest BCUT2D eigenvalue weighted by molar-refractivity contribution is 7.99. The Morgan fingerprint density at radius 2 is 2.24 bits per heavy atom. The third-order valence-corrected chi connectivity index (χ3v) is 4.65. The fourth-order valence-electron chi connectivity index (χ4n) is 2.44. The maximum Gasteiger partial charge on any atom is 0.0333 e. The summed E-state index contributed by atoms with van der Waals surface area (Å²) in [5.74, 6) is 1.17. The number of rotatable bonds is 3. The average molecular weight is 249 g/mol. The molecule has 17 heavy (non-hydrogen) atoms. The van der Waals surface area contributed by atoms with Crippen LogP contribution < -0.4 is 5.32 Å². The Morgan fingerprint density at radius 3 is 3.00 bits per heavy atom. The van der Waals surface area contributed by atoms with Gasteiger partial charge in [0.25, 0.3) is 0 Å². The van der Waals surface area contributed by atoms with Crippen LogP contribution in [-0.4, -0.2) is 11.8 Å². The van der Waals surface area contributed by atoms with Crippen LogP contribution in [0.4, 0.5) is 0 Å². The van der Waals surface area contributed by atoms with E-state index in [4.69, 9.17) is 0 Å². The molecule has 0 radical (unpaired) electrons. The standard InChI is InChI=1S/C15H23NS/c1-4-7-16-15-9-12(3)17-10-13-6-5-11(2)8-14(13)15/h5-6,8,12,15-16H,4,7,9-10H2,1-3H3. The van der Waals surface area contributed by atoms with E-state index in [1.807, 2.05) is 0 Å². The molecule has 0 bridgehead atoms. The van der Waals surface area contributed by atoms with E-state index in [0.717, 1.165) is 11.8 Å². The van der Waals surface area contributed by atoms with Gasteiger partial charge < -0.3 is 5.32 Å². The van der Waals surface area contributed by atoms with Crippen molar-refractivity contribution in [3.63, 3.8) is 0 Å². The van der Waals surface area contributed by atoms with Crippen LogP contribution in [0.15, 0.2) is 18.2 Å². The van der Waals surface area contributed by atoms with E-state index in [-0.39, 0.29) is 0 Å². The first-order valence-corrected chi connectivity index (χ1v) is 7.70. The first-order valence-electron chi connectivity index (χ1n) is 6.65. The van der Waals surface area contributed by atoms with Crippen molar-refractivity contribution < 1.29 is 0 Å². The summed E-state index contributed by atoms with van der Waals surface area (Å²) in [6, 6.07) is 7.49. The third-order valence-electron chi connectivity index (χ3n) is 3.41. The lowest BCUT2D eigenvalue weighted by Crippen LogP contribution is -2.24. The summed E-state index contributed by atoms with van der Waals surface area (Å²) in [6.07, 6.45) is 2.46. The van der Waals surface area contributed by atoms with E-state index in [1.165, 1.54) is 35.3 Å². The second kappa shape index (κ2) is 5.92. The van der Waals surface area contributed by atoms with Gasteiger partial charge in [0, 0.05) is 17.0 Å². The Balaban J connectivity index is 2.27. The van der Waals surface area contributed by atoms with Crippen LogP contribution in [0.1, 0.15) is 49.4 Å². The van der Waals surface area contributed by atoms with Crippen molar-refractivity contribution in [2.75, 3.05) is 6.54 Å². The number of nitrogens with one attached hydrogen (secondary N) is 1. The van der Waals surface area contributed by atoms with Gasteiger partial charge in [-0.15, -0.1) is 0 Å². The normalized spacial score (nSPS) is 24.2.